The van der Waals surface area contributed by atoms with Gasteiger partial charge in [-0.15, -0.1) is 0 Å². The van der Waals surface area contributed by atoms with Crippen LogP contribution in [0.15, 0.2) is 0 Å². The van der Waals surface area contributed by atoms with Crippen molar-refractivity contribution in [1.29, 1.82) is 0 Å². The fourth-order valence-electron chi connectivity index (χ4n) is 1.08. The molecule has 3 nitrogen and oxygen atoms in total. The molecule has 0 aromatic rings. The van der Waals surface area contributed by atoms with Crippen molar-refractivity contribution in [2.45, 2.75) is 65.1 Å². The summed E-state index contributed by atoms with van der Waals surface area (Å²) in [5.74, 6) is -0.120. The number of aliphatic hydroxyl groups excluding tert-OH is 1. The molecule has 0 saturated heterocycles. The lowest BCUT2D eigenvalue weighted by atomic mass is 10.1. The van der Waals surface area contributed by atoms with Crippen molar-refractivity contribution in [3.05, 3.63) is 0 Å². The van der Waals surface area contributed by atoms with E-state index in [0.29, 0.717) is 6.42 Å². The van der Waals surface area contributed by atoms with E-state index in [2.05, 4.69) is 0 Å². The number of rotatable bonds is 7. The van der Waals surface area contributed by atoms with Crippen molar-refractivity contribution in [2.24, 2.45) is 0 Å². The molecule has 1 N–H and O–H groups in total. The van der Waals surface area contributed by atoms with Crippen LogP contribution in [0.1, 0.15) is 52.9 Å². The van der Waals surface area contributed by atoms with E-state index in [4.69, 9.17) is 9.84 Å². The molecule has 0 spiro atoms. The molecular formula is C11H22O3. The summed E-state index contributed by atoms with van der Waals surface area (Å²) >= 11 is 0. The number of hydrogen-bond donors (Lipinski definition) is 1. The van der Waals surface area contributed by atoms with Gasteiger partial charge in [-0.25, -0.2) is 0 Å². The molecule has 0 bridgehead atoms. The van der Waals surface area contributed by atoms with Crippen molar-refractivity contribution in [3.63, 3.8) is 0 Å². The van der Waals surface area contributed by atoms with Crippen LogP contribution in [0, 0.1) is 0 Å². The van der Waals surface area contributed by atoms with E-state index in [-0.39, 0.29) is 18.2 Å². The second-order valence-corrected chi connectivity index (χ2v) is 3.80. The zero-order chi connectivity index (χ0) is 11.0. The van der Waals surface area contributed by atoms with Crippen LogP contribution in [-0.2, 0) is 9.53 Å². The van der Waals surface area contributed by atoms with Gasteiger partial charge in [0.25, 0.3) is 0 Å². The highest BCUT2D eigenvalue weighted by molar-refractivity contribution is 5.69. The number of hydrogen-bond acceptors (Lipinski definition) is 3. The summed E-state index contributed by atoms with van der Waals surface area (Å²) < 4.78 is 5.11. The van der Waals surface area contributed by atoms with Gasteiger partial charge in [0, 0.05) is 6.42 Å². The molecule has 0 fully saturated rings. The molecule has 2 unspecified atom stereocenters. The van der Waals surface area contributed by atoms with Crippen LogP contribution in [0.25, 0.3) is 0 Å². The normalized spacial score (nSPS) is 14.9. The summed E-state index contributed by atoms with van der Waals surface area (Å²) in [7, 11) is 0. The largest absolute Gasteiger partial charge is 0.463 e. The van der Waals surface area contributed by atoms with Crippen LogP contribution in [0.2, 0.25) is 0 Å². The first-order valence-electron chi connectivity index (χ1n) is 5.43. The Morgan fingerprint density at radius 3 is 2.50 bits per heavy atom. The van der Waals surface area contributed by atoms with Gasteiger partial charge < -0.3 is 9.84 Å². The molecule has 14 heavy (non-hydrogen) atoms. The van der Waals surface area contributed by atoms with Crippen LogP contribution < -0.4 is 0 Å². The van der Waals surface area contributed by atoms with Gasteiger partial charge in [0.2, 0.25) is 0 Å². The molecule has 0 rings (SSSR count). The third kappa shape index (κ3) is 8.05. The van der Waals surface area contributed by atoms with Gasteiger partial charge >= 0.3 is 5.97 Å². The van der Waals surface area contributed by atoms with E-state index in [1.807, 2.05) is 13.8 Å². The van der Waals surface area contributed by atoms with Crippen molar-refractivity contribution in [2.75, 3.05) is 0 Å². The van der Waals surface area contributed by atoms with Gasteiger partial charge in [-0.1, -0.05) is 13.3 Å². The molecule has 2 atom stereocenters. The highest BCUT2D eigenvalue weighted by Crippen LogP contribution is 2.06. The Balaban J connectivity index is 3.36. The Kier molecular flexibility index (Phi) is 7.48. The minimum absolute atomic E-state index is 0.0271. The molecular weight excluding hydrogens is 180 g/mol. The van der Waals surface area contributed by atoms with Gasteiger partial charge in [0.1, 0.15) is 0 Å². The maximum Gasteiger partial charge on any atom is 0.306 e. The highest BCUT2D eigenvalue weighted by Gasteiger charge is 2.07. The van der Waals surface area contributed by atoms with Crippen molar-refractivity contribution < 1.29 is 14.6 Å². The summed E-state index contributed by atoms with van der Waals surface area (Å²) in [6.07, 6.45) is 3.54. The number of esters is 1. The number of carbonyl (C=O) groups excluding carboxylic acids is 1. The smallest absolute Gasteiger partial charge is 0.306 e. The second-order valence-electron chi connectivity index (χ2n) is 3.80. The fraction of sp³-hybridized carbons (Fsp3) is 0.909. The topological polar surface area (TPSA) is 46.5 Å². The Hall–Kier alpha value is -0.570. The van der Waals surface area contributed by atoms with Gasteiger partial charge in [-0.2, -0.15) is 0 Å². The Morgan fingerprint density at radius 2 is 2.00 bits per heavy atom. The van der Waals surface area contributed by atoms with Crippen molar-refractivity contribution in [1.82, 2.24) is 0 Å². The van der Waals surface area contributed by atoms with E-state index < -0.39 is 0 Å². The number of aliphatic hydroxyl groups is 1. The maximum atomic E-state index is 11.2. The SMILES string of the molecule is CCC(C)OC(=O)CCCCC(C)O. The predicted molar refractivity (Wildman–Crippen MR) is 56.0 cm³/mol. The summed E-state index contributed by atoms with van der Waals surface area (Å²) in [6.45, 7) is 5.65. The molecule has 0 radical (unpaired) electrons. The Bertz CT molecular complexity index is 155. The zero-order valence-corrected chi connectivity index (χ0v) is 9.45. The lowest BCUT2D eigenvalue weighted by molar-refractivity contribution is -0.148. The quantitative estimate of drug-likeness (QED) is 0.509. The molecule has 0 aromatic carbocycles. The standard InChI is InChI=1S/C11H22O3/c1-4-10(3)14-11(13)8-6-5-7-9(2)12/h9-10,12H,4-8H2,1-3H3. The Labute approximate surface area is 86.5 Å². The van der Waals surface area contributed by atoms with E-state index in [9.17, 15) is 4.79 Å². The molecule has 84 valence electrons. The van der Waals surface area contributed by atoms with E-state index in [1.54, 1.807) is 6.92 Å². The average Bonchev–Trinajstić information content (AvgIpc) is 2.12. The number of ether oxygens (including phenoxy) is 1. The van der Waals surface area contributed by atoms with E-state index >= 15 is 0 Å². The maximum absolute atomic E-state index is 11.2. The molecule has 3 heteroatoms. The van der Waals surface area contributed by atoms with Crippen LogP contribution in [0.4, 0.5) is 0 Å². The van der Waals surface area contributed by atoms with Crippen LogP contribution in [-0.4, -0.2) is 23.3 Å². The van der Waals surface area contributed by atoms with E-state index in [1.165, 1.54) is 0 Å². The number of unbranched alkanes of at least 4 members (excludes halogenated alkanes) is 1. The van der Waals surface area contributed by atoms with Gasteiger partial charge in [-0.05, 0) is 33.1 Å². The van der Waals surface area contributed by atoms with Crippen molar-refractivity contribution >= 4 is 5.97 Å². The van der Waals surface area contributed by atoms with Crippen LogP contribution >= 0.6 is 0 Å². The van der Waals surface area contributed by atoms with Crippen molar-refractivity contribution in [3.8, 4) is 0 Å². The van der Waals surface area contributed by atoms with Gasteiger partial charge in [0.05, 0.1) is 12.2 Å². The molecule has 0 aliphatic carbocycles. The van der Waals surface area contributed by atoms with Gasteiger partial charge in [-0.3, -0.25) is 4.79 Å². The number of carbonyl (C=O) groups is 1. The monoisotopic (exact) mass is 202 g/mol. The molecule has 0 aliphatic rings. The average molecular weight is 202 g/mol. The Morgan fingerprint density at radius 1 is 1.36 bits per heavy atom. The summed E-state index contributed by atoms with van der Waals surface area (Å²) in [5.41, 5.74) is 0. The van der Waals surface area contributed by atoms with E-state index in [0.717, 1.165) is 25.7 Å². The first-order valence-corrected chi connectivity index (χ1v) is 5.43. The summed E-state index contributed by atoms with van der Waals surface area (Å²) in [6, 6.07) is 0. The molecule has 0 heterocycles. The van der Waals surface area contributed by atoms with Gasteiger partial charge in [0.15, 0.2) is 0 Å². The molecule has 0 aliphatic heterocycles. The zero-order valence-electron chi connectivity index (χ0n) is 9.45. The second kappa shape index (κ2) is 7.80. The molecule has 0 amide bonds. The lowest BCUT2D eigenvalue weighted by Gasteiger charge is -2.10. The minimum atomic E-state index is -0.263. The first kappa shape index (κ1) is 13.4. The minimum Gasteiger partial charge on any atom is -0.463 e. The lowest BCUT2D eigenvalue weighted by Crippen LogP contribution is -2.13. The first-order chi connectivity index (χ1) is 6.56. The third-order valence-electron chi connectivity index (χ3n) is 2.16. The third-order valence-corrected chi connectivity index (χ3v) is 2.16. The summed E-state index contributed by atoms with van der Waals surface area (Å²) in [4.78, 5) is 11.2. The predicted octanol–water partition coefficient (Wildman–Crippen LogP) is 2.27. The summed E-state index contributed by atoms with van der Waals surface area (Å²) in [5, 5.41) is 8.98. The molecule has 0 saturated carbocycles. The van der Waals surface area contributed by atoms with Crippen LogP contribution in [0.5, 0.6) is 0 Å². The highest BCUT2D eigenvalue weighted by atomic mass is 16.5. The van der Waals surface area contributed by atoms with Crippen LogP contribution in [0.3, 0.4) is 0 Å². The fourth-order valence-corrected chi connectivity index (χ4v) is 1.08. The molecule has 0 aromatic heterocycles.